The van der Waals surface area contributed by atoms with Crippen LogP contribution in [0.1, 0.15) is 44.7 Å². The van der Waals surface area contributed by atoms with E-state index in [0.717, 1.165) is 12.0 Å². The van der Waals surface area contributed by atoms with Crippen LogP contribution in [0.5, 0.6) is 0 Å². The average molecular weight is 298 g/mol. The Morgan fingerprint density at radius 1 is 1.25 bits per heavy atom. The minimum Gasteiger partial charge on any atom is -0.481 e. The number of carbonyl (C=O) groups excluding carboxylic acids is 1. The lowest BCUT2D eigenvalue weighted by molar-refractivity contribution is -0.138. The molecule has 2 N–H and O–H groups in total. The Bertz CT molecular complexity index is 459. The SMILES string of the molecule is CCC(NC(=O)CC(C)CC(=O)O)c1ccc(Cl)cc1. The first-order valence-corrected chi connectivity index (χ1v) is 7.06. The van der Waals surface area contributed by atoms with Crippen molar-refractivity contribution in [2.45, 2.75) is 39.2 Å². The Kier molecular flexibility index (Phi) is 6.52. The van der Waals surface area contributed by atoms with E-state index >= 15 is 0 Å². The molecule has 0 fully saturated rings. The van der Waals surface area contributed by atoms with Crippen molar-refractivity contribution < 1.29 is 14.7 Å². The molecule has 0 aromatic heterocycles. The van der Waals surface area contributed by atoms with E-state index in [1.807, 2.05) is 19.1 Å². The van der Waals surface area contributed by atoms with Gasteiger partial charge in [0.1, 0.15) is 0 Å². The van der Waals surface area contributed by atoms with Crippen LogP contribution in [0.15, 0.2) is 24.3 Å². The molecule has 0 spiro atoms. The number of halogens is 1. The molecule has 0 aliphatic carbocycles. The van der Waals surface area contributed by atoms with E-state index < -0.39 is 5.97 Å². The van der Waals surface area contributed by atoms with E-state index in [0.29, 0.717) is 5.02 Å². The van der Waals surface area contributed by atoms with E-state index in [2.05, 4.69) is 5.32 Å². The van der Waals surface area contributed by atoms with Crippen molar-refractivity contribution in [3.63, 3.8) is 0 Å². The van der Waals surface area contributed by atoms with Gasteiger partial charge in [-0.25, -0.2) is 0 Å². The molecule has 0 saturated carbocycles. The first kappa shape index (κ1) is 16.5. The number of hydrogen-bond donors (Lipinski definition) is 2. The average Bonchev–Trinajstić information content (AvgIpc) is 2.36. The van der Waals surface area contributed by atoms with Crippen LogP contribution < -0.4 is 5.32 Å². The highest BCUT2D eigenvalue weighted by Crippen LogP contribution is 2.19. The molecule has 1 rings (SSSR count). The maximum atomic E-state index is 11.9. The fraction of sp³-hybridized carbons (Fsp3) is 0.467. The lowest BCUT2D eigenvalue weighted by atomic mass is 10.0. The monoisotopic (exact) mass is 297 g/mol. The summed E-state index contributed by atoms with van der Waals surface area (Å²) < 4.78 is 0. The Hall–Kier alpha value is -1.55. The summed E-state index contributed by atoms with van der Waals surface area (Å²) in [6.45, 7) is 3.75. The van der Waals surface area contributed by atoms with Gasteiger partial charge in [0, 0.05) is 17.9 Å². The van der Waals surface area contributed by atoms with Crippen molar-refractivity contribution in [2.24, 2.45) is 5.92 Å². The lowest BCUT2D eigenvalue weighted by Gasteiger charge is -2.18. The van der Waals surface area contributed by atoms with Crippen LogP contribution in [0, 0.1) is 5.92 Å². The third-order valence-electron chi connectivity index (χ3n) is 3.07. The van der Waals surface area contributed by atoms with E-state index in [9.17, 15) is 9.59 Å². The molecular weight excluding hydrogens is 278 g/mol. The normalized spacial score (nSPS) is 13.6. The quantitative estimate of drug-likeness (QED) is 0.810. The van der Waals surface area contributed by atoms with Crippen molar-refractivity contribution in [3.8, 4) is 0 Å². The zero-order valence-corrected chi connectivity index (χ0v) is 12.5. The van der Waals surface area contributed by atoms with Gasteiger partial charge >= 0.3 is 5.97 Å². The molecule has 1 aromatic carbocycles. The molecule has 0 bridgehead atoms. The van der Waals surface area contributed by atoms with Crippen LogP contribution in [0.2, 0.25) is 5.02 Å². The molecule has 4 nitrogen and oxygen atoms in total. The molecule has 2 atom stereocenters. The molecule has 20 heavy (non-hydrogen) atoms. The van der Waals surface area contributed by atoms with Gasteiger partial charge < -0.3 is 10.4 Å². The minimum atomic E-state index is -0.880. The molecule has 2 unspecified atom stereocenters. The number of carboxylic acids is 1. The van der Waals surface area contributed by atoms with E-state index in [4.69, 9.17) is 16.7 Å². The smallest absolute Gasteiger partial charge is 0.303 e. The number of nitrogens with one attached hydrogen (secondary N) is 1. The highest BCUT2D eigenvalue weighted by Gasteiger charge is 2.16. The fourth-order valence-electron chi connectivity index (χ4n) is 2.06. The molecule has 0 aliphatic rings. The topological polar surface area (TPSA) is 66.4 Å². The van der Waals surface area contributed by atoms with Gasteiger partial charge in [-0.2, -0.15) is 0 Å². The van der Waals surface area contributed by atoms with Crippen LogP contribution in [0.25, 0.3) is 0 Å². The van der Waals surface area contributed by atoms with Crippen molar-refractivity contribution >= 4 is 23.5 Å². The second-order valence-electron chi connectivity index (χ2n) is 4.99. The second-order valence-corrected chi connectivity index (χ2v) is 5.42. The van der Waals surface area contributed by atoms with Gasteiger partial charge in [0.15, 0.2) is 0 Å². The number of rotatable bonds is 7. The summed E-state index contributed by atoms with van der Waals surface area (Å²) in [6.07, 6.45) is 0.988. The molecule has 0 saturated heterocycles. The van der Waals surface area contributed by atoms with E-state index in [1.165, 1.54) is 0 Å². The van der Waals surface area contributed by atoms with Crippen molar-refractivity contribution in [3.05, 3.63) is 34.9 Å². The number of hydrogen-bond acceptors (Lipinski definition) is 2. The third-order valence-corrected chi connectivity index (χ3v) is 3.32. The Labute approximate surface area is 124 Å². The summed E-state index contributed by atoms with van der Waals surface area (Å²) in [5, 5.41) is 12.3. The van der Waals surface area contributed by atoms with Crippen molar-refractivity contribution in [1.82, 2.24) is 5.32 Å². The highest BCUT2D eigenvalue weighted by molar-refractivity contribution is 6.30. The van der Waals surface area contributed by atoms with Crippen LogP contribution in [0.4, 0.5) is 0 Å². The maximum Gasteiger partial charge on any atom is 0.303 e. The molecule has 0 aliphatic heterocycles. The summed E-state index contributed by atoms with van der Waals surface area (Å²) in [4.78, 5) is 22.5. The van der Waals surface area contributed by atoms with Gasteiger partial charge in [-0.05, 0) is 30.0 Å². The first-order chi connectivity index (χ1) is 9.42. The Morgan fingerprint density at radius 2 is 1.85 bits per heavy atom. The van der Waals surface area contributed by atoms with Crippen LogP contribution in [0.3, 0.4) is 0 Å². The molecule has 5 heteroatoms. The maximum absolute atomic E-state index is 11.9. The number of amides is 1. The van der Waals surface area contributed by atoms with Crippen LogP contribution in [-0.2, 0) is 9.59 Å². The fourth-order valence-corrected chi connectivity index (χ4v) is 2.18. The molecule has 0 radical (unpaired) electrons. The predicted octanol–water partition coefficient (Wildman–Crippen LogP) is 3.41. The van der Waals surface area contributed by atoms with Gasteiger partial charge in [-0.15, -0.1) is 0 Å². The van der Waals surface area contributed by atoms with Gasteiger partial charge in [-0.3, -0.25) is 9.59 Å². The number of carboxylic acid groups (broad SMARTS) is 1. The summed E-state index contributed by atoms with van der Waals surface area (Å²) >= 11 is 5.84. The number of carbonyl (C=O) groups is 2. The second kappa shape index (κ2) is 7.90. The van der Waals surface area contributed by atoms with Crippen molar-refractivity contribution in [1.29, 1.82) is 0 Å². The van der Waals surface area contributed by atoms with Gasteiger partial charge in [-0.1, -0.05) is 37.6 Å². The van der Waals surface area contributed by atoms with Crippen LogP contribution >= 0.6 is 11.6 Å². The molecule has 0 heterocycles. The number of benzene rings is 1. The number of aliphatic carboxylic acids is 1. The summed E-state index contributed by atoms with van der Waals surface area (Å²) in [5.41, 5.74) is 0.996. The highest BCUT2D eigenvalue weighted by atomic mass is 35.5. The summed E-state index contributed by atoms with van der Waals surface area (Å²) in [6, 6.07) is 7.28. The zero-order chi connectivity index (χ0) is 15.1. The first-order valence-electron chi connectivity index (χ1n) is 6.69. The lowest BCUT2D eigenvalue weighted by Crippen LogP contribution is -2.29. The Balaban J connectivity index is 2.57. The standard InChI is InChI=1S/C15H20ClNO3/c1-3-13(11-4-6-12(16)7-5-11)17-14(18)8-10(2)9-15(19)20/h4-7,10,13H,3,8-9H2,1-2H3,(H,17,18)(H,19,20). The summed E-state index contributed by atoms with van der Waals surface area (Å²) in [5.74, 6) is -1.18. The Morgan fingerprint density at radius 3 is 2.35 bits per heavy atom. The molecule has 110 valence electrons. The van der Waals surface area contributed by atoms with Crippen LogP contribution in [-0.4, -0.2) is 17.0 Å². The van der Waals surface area contributed by atoms with Gasteiger partial charge in [0.05, 0.1) is 6.04 Å². The molecular formula is C15H20ClNO3. The van der Waals surface area contributed by atoms with Crippen molar-refractivity contribution in [2.75, 3.05) is 0 Å². The van der Waals surface area contributed by atoms with E-state index in [1.54, 1.807) is 19.1 Å². The molecule has 1 aromatic rings. The predicted molar refractivity (Wildman–Crippen MR) is 78.7 cm³/mol. The van der Waals surface area contributed by atoms with Gasteiger partial charge in [0.2, 0.25) is 5.91 Å². The molecule has 1 amide bonds. The third kappa shape index (κ3) is 5.61. The largest absolute Gasteiger partial charge is 0.481 e. The summed E-state index contributed by atoms with van der Waals surface area (Å²) in [7, 11) is 0. The minimum absolute atomic E-state index is 0.00512. The van der Waals surface area contributed by atoms with Gasteiger partial charge in [0.25, 0.3) is 0 Å². The van der Waals surface area contributed by atoms with E-state index in [-0.39, 0.29) is 30.7 Å². The zero-order valence-electron chi connectivity index (χ0n) is 11.7.